The van der Waals surface area contributed by atoms with Gasteiger partial charge in [-0.05, 0) is 48.9 Å². The zero-order chi connectivity index (χ0) is 23.5. The summed E-state index contributed by atoms with van der Waals surface area (Å²) in [6.07, 6.45) is 0. The molecule has 0 saturated carbocycles. The highest BCUT2D eigenvalue weighted by Crippen LogP contribution is 2.23. The van der Waals surface area contributed by atoms with Gasteiger partial charge in [-0.2, -0.15) is 10.3 Å². The van der Waals surface area contributed by atoms with Crippen molar-refractivity contribution in [1.82, 2.24) is 15.5 Å². The molecule has 2 aliphatic heterocycles. The van der Waals surface area contributed by atoms with Gasteiger partial charge in [-0.25, -0.2) is 0 Å². The van der Waals surface area contributed by atoms with Crippen LogP contribution >= 0.6 is 0 Å². The predicted molar refractivity (Wildman–Crippen MR) is 120 cm³/mol. The molecule has 2 N–H and O–H groups in total. The Balaban J connectivity index is 1.66. The number of nitrogens with zero attached hydrogens (tertiary/aromatic N) is 4. The van der Waals surface area contributed by atoms with E-state index in [1.807, 2.05) is 0 Å². The fraction of sp³-hybridized carbons (Fsp3) is 0.174. The highest BCUT2D eigenvalue weighted by Gasteiger charge is 2.29. The molecule has 0 aromatic heterocycles. The Morgan fingerprint density at radius 2 is 1.91 bits per heavy atom. The Hall–Kier alpha value is -4.65. The van der Waals surface area contributed by atoms with Crippen molar-refractivity contribution in [2.24, 2.45) is 9.98 Å². The summed E-state index contributed by atoms with van der Waals surface area (Å²) in [4.78, 5) is 34.2. The van der Waals surface area contributed by atoms with E-state index in [-0.39, 0.29) is 36.0 Å². The van der Waals surface area contributed by atoms with Crippen molar-refractivity contribution in [1.29, 1.82) is 5.26 Å². The molecule has 4 rings (SSSR count). The van der Waals surface area contributed by atoms with E-state index in [2.05, 4.69) is 26.7 Å². The fourth-order valence-corrected chi connectivity index (χ4v) is 3.12. The molecule has 10 heteroatoms. The van der Waals surface area contributed by atoms with Crippen molar-refractivity contribution in [3.05, 3.63) is 70.7 Å². The summed E-state index contributed by atoms with van der Waals surface area (Å²) in [5.41, 5.74) is 1.99. The number of aliphatic imine (C=N–C) groups is 2. The lowest BCUT2D eigenvalue weighted by Crippen LogP contribution is -2.48. The quantitative estimate of drug-likeness (QED) is 0.738. The largest absolute Gasteiger partial charge is 0.437 e. The third kappa shape index (κ3) is 4.67. The van der Waals surface area contributed by atoms with Gasteiger partial charge in [0.05, 0.1) is 11.6 Å². The maximum Gasteiger partial charge on any atom is 0.304 e. The Labute approximate surface area is 189 Å². The lowest BCUT2D eigenvalue weighted by molar-refractivity contribution is -0.119. The van der Waals surface area contributed by atoms with Crippen LogP contribution in [0.5, 0.6) is 11.5 Å². The predicted octanol–water partition coefficient (Wildman–Crippen LogP) is 1.68. The highest BCUT2D eigenvalue weighted by atomic mass is 16.5. The number of benzene rings is 2. The number of amides is 2. The minimum atomic E-state index is -0.304. The summed E-state index contributed by atoms with van der Waals surface area (Å²) in [6, 6.07) is 13.8. The number of nitrogens with one attached hydrogen (secondary N) is 2. The number of ether oxygens (including phenoxy) is 2. The van der Waals surface area contributed by atoms with E-state index >= 15 is 0 Å². The van der Waals surface area contributed by atoms with Gasteiger partial charge < -0.3 is 19.7 Å². The molecule has 33 heavy (non-hydrogen) atoms. The number of carbonyl (C=O) groups is 2. The number of carbonyl (C=O) groups excluding carboxylic acids is 2. The van der Waals surface area contributed by atoms with E-state index < -0.39 is 0 Å². The molecule has 2 aromatic rings. The first kappa shape index (κ1) is 21.6. The molecule has 10 nitrogen and oxygen atoms in total. The molecule has 2 aromatic carbocycles. The average molecular weight is 444 g/mol. The van der Waals surface area contributed by atoms with Gasteiger partial charge in [-0.3, -0.25) is 19.9 Å². The molecule has 0 radical (unpaired) electrons. The van der Waals surface area contributed by atoms with Crippen LogP contribution in [0.4, 0.5) is 0 Å². The summed E-state index contributed by atoms with van der Waals surface area (Å²) in [5.74, 6) is 0.742. The molecule has 0 aliphatic carbocycles. The minimum absolute atomic E-state index is 0.0588. The first-order chi connectivity index (χ1) is 15.8. The molecule has 0 fully saturated rings. The van der Waals surface area contributed by atoms with Crippen LogP contribution in [-0.2, 0) is 4.79 Å². The summed E-state index contributed by atoms with van der Waals surface area (Å²) < 4.78 is 11.8. The van der Waals surface area contributed by atoms with E-state index in [1.54, 1.807) is 63.5 Å². The SMILES string of the molecule is Cc1cc(OC2=C3NC(=O)CN=C3NC(Oc3cccc(C(=O)N(C)C)c3)=N2)ccc1C#N. The Kier molecular flexibility index (Phi) is 5.78. The van der Waals surface area contributed by atoms with E-state index in [1.165, 1.54) is 4.90 Å². The van der Waals surface area contributed by atoms with Crippen LogP contribution in [0.2, 0.25) is 0 Å². The Morgan fingerprint density at radius 3 is 2.64 bits per heavy atom. The van der Waals surface area contributed by atoms with E-state index in [9.17, 15) is 9.59 Å². The second-order valence-corrected chi connectivity index (χ2v) is 7.46. The maximum absolute atomic E-state index is 12.3. The zero-order valence-corrected chi connectivity index (χ0v) is 18.2. The summed E-state index contributed by atoms with van der Waals surface area (Å²) in [7, 11) is 3.33. The van der Waals surface area contributed by atoms with Gasteiger partial charge in [-0.1, -0.05) is 6.07 Å². The number of rotatable bonds is 4. The van der Waals surface area contributed by atoms with Crippen molar-refractivity contribution in [3.63, 3.8) is 0 Å². The van der Waals surface area contributed by atoms with Crippen LogP contribution in [0.1, 0.15) is 21.5 Å². The van der Waals surface area contributed by atoms with Crippen LogP contribution in [0.3, 0.4) is 0 Å². The number of fused-ring (bicyclic) bond motifs is 1. The van der Waals surface area contributed by atoms with Crippen LogP contribution in [0.25, 0.3) is 0 Å². The van der Waals surface area contributed by atoms with Gasteiger partial charge >= 0.3 is 6.02 Å². The third-order valence-corrected chi connectivity index (χ3v) is 4.76. The summed E-state index contributed by atoms with van der Waals surface area (Å²) >= 11 is 0. The van der Waals surface area contributed by atoms with Gasteiger partial charge in [0, 0.05) is 19.7 Å². The number of hydrogen-bond donors (Lipinski definition) is 2. The maximum atomic E-state index is 12.3. The summed E-state index contributed by atoms with van der Waals surface area (Å²) in [5, 5.41) is 14.8. The molecule has 0 unspecified atom stereocenters. The van der Waals surface area contributed by atoms with Crippen molar-refractivity contribution < 1.29 is 19.1 Å². The minimum Gasteiger partial charge on any atom is -0.437 e. The molecule has 0 bridgehead atoms. The van der Waals surface area contributed by atoms with Gasteiger partial charge in [0.2, 0.25) is 5.91 Å². The monoisotopic (exact) mass is 444 g/mol. The Morgan fingerprint density at radius 1 is 1.12 bits per heavy atom. The van der Waals surface area contributed by atoms with E-state index in [0.717, 1.165) is 5.56 Å². The molecule has 2 heterocycles. The second-order valence-electron chi connectivity index (χ2n) is 7.46. The third-order valence-electron chi connectivity index (χ3n) is 4.76. The standard InChI is InChI=1S/C23H20N6O4/c1-13-9-17(8-7-15(13)11-24)32-21-19-20(25-12-18(30)26-19)27-23(28-21)33-16-6-4-5-14(10-16)22(31)29(2)3/h4-10H,12H2,1-3H3,(H,26,30)(H,25,27,28). The van der Waals surface area contributed by atoms with Crippen molar-refractivity contribution >= 4 is 23.7 Å². The average Bonchev–Trinajstić information content (AvgIpc) is 2.79. The first-order valence-corrected chi connectivity index (χ1v) is 9.97. The fourth-order valence-electron chi connectivity index (χ4n) is 3.12. The van der Waals surface area contributed by atoms with Crippen LogP contribution in [-0.4, -0.2) is 49.2 Å². The highest BCUT2D eigenvalue weighted by molar-refractivity contribution is 6.13. The van der Waals surface area contributed by atoms with Gasteiger partial charge in [0.15, 0.2) is 5.84 Å². The van der Waals surface area contributed by atoms with Gasteiger partial charge in [0.1, 0.15) is 23.7 Å². The van der Waals surface area contributed by atoms with Crippen molar-refractivity contribution in [2.75, 3.05) is 20.6 Å². The topological polar surface area (TPSA) is 128 Å². The van der Waals surface area contributed by atoms with Crippen LogP contribution < -0.4 is 20.1 Å². The number of nitriles is 1. The van der Waals surface area contributed by atoms with Crippen molar-refractivity contribution in [3.8, 4) is 17.6 Å². The normalized spacial score (nSPS) is 14.7. The number of amidine groups is 2. The molecule has 0 atom stereocenters. The van der Waals surface area contributed by atoms with Gasteiger partial charge in [-0.15, -0.1) is 0 Å². The lowest BCUT2D eigenvalue weighted by atomic mass is 10.1. The Bertz CT molecular complexity index is 1290. The molecule has 2 aliphatic rings. The smallest absolute Gasteiger partial charge is 0.304 e. The molecule has 166 valence electrons. The van der Waals surface area contributed by atoms with Crippen LogP contribution in [0.15, 0.2) is 64.0 Å². The molecular formula is C23H20N6O4. The summed E-state index contributed by atoms with van der Waals surface area (Å²) in [6.45, 7) is 1.73. The van der Waals surface area contributed by atoms with Crippen LogP contribution in [0, 0.1) is 18.3 Å². The molecular weight excluding hydrogens is 424 g/mol. The van der Waals surface area contributed by atoms with Crippen molar-refractivity contribution in [2.45, 2.75) is 6.92 Å². The van der Waals surface area contributed by atoms with E-state index in [4.69, 9.17) is 14.7 Å². The first-order valence-electron chi connectivity index (χ1n) is 9.97. The lowest BCUT2D eigenvalue weighted by Gasteiger charge is -2.24. The molecule has 0 saturated heterocycles. The number of aryl methyl sites for hydroxylation is 1. The second kappa shape index (κ2) is 8.84. The molecule has 0 spiro atoms. The number of hydrogen-bond acceptors (Lipinski definition) is 8. The zero-order valence-electron chi connectivity index (χ0n) is 18.2. The van der Waals surface area contributed by atoms with E-state index in [0.29, 0.717) is 28.5 Å². The molecule has 2 amide bonds. The van der Waals surface area contributed by atoms with Gasteiger partial charge in [0.25, 0.3) is 11.8 Å².